The maximum Gasteiger partial charge on any atom is 0.119 e. The molecule has 0 saturated carbocycles. The highest BCUT2D eigenvalue weighted by Crippen LogP contribution is 2.18. The molecule has 128 valence electrons. The van der Waals surface area contributed by atoms with Gasteiger partial charge in [-0.1, -0.05) is 44.7 Å². The third-order valence-electron chi connectivity index (χ3n) is 4.12. The van der Waals surface area contributed by atoms with Crippen LogP contribution in [0.1, 0.15) is 57.4 Å². The normalized spacial score (nSPS) is 13.3. The van der Waals surface area contributed by atoms with Crippen molar-refractivity contribution < 1.29 is 9.84 Å². The zero-order valence-corrected chi connectivity index (χ0v) is 14.4. The van der Waals surface area contributed by atoms with Crippen molar-refractivity contribution in [2.24, 2.45) is 5.73 Å². The van der Waals surface area contributed by atoms with Crippen LogP contribution in [0.2, 0.25) is 0 Å². The molecule has 3 heteroatoms. The molecule has 3 nitrogen and oxygen atoms in total. The second kappa shape index (κ2) is 11.1. The lowest BCUT2D eigenvalue weighted by atomic mass is 9.90. The number of hydrogen-bond acceptors (Lipinski definition) is 3. The van der Waals surface area contributed by atoms with Crippen molar-refractivity contribution in [3.05, 3.63) is 29.8 Å². The highest BCUT2D eigenvalue weighted by molar-refractivity contribution is 5.27. The van der Waals surface area contributed by atoms with Crippen molar-refractivity contribution in [1.82, 2.24) is 0 Å². The van der Waals surface area contributed by atoms with Gasteiger partial charge in [-0.3, -0.25) is 0 Å². The average Bonchev–Trinajstić information content (AvgIpc) is 2.57. The van der Waals surface area contributed by atoms with E-state index in [1.54, 1.807) is 0 Å². The number of unbranched alkanes of at least 4 members (excludes halogenated alkanes) is 4. The van der Waals surface area contributed by atoms with Gasteiger partial charge in [0, 0.05) is 6.42 Å². The van der Waals surface area contributed by atoms with E-state index in [4.69, 9.17) is 16.9 Å². The largest absolute Gasteiger partial charge is 0.494 e. The minimum absolute atomic E-state index is 0.0869. The van der Waals surface area contributed by atoms with Crippen LogP contribution in [0.4, 0.5) is 0 Å². The Kier molecular flexibility index (Phi) is 9.43. The predicted molar refractivity (Wildman–Crippen MR) is 96.5 cm³/mol. The molecule has 3 N–H and O–H groups in total. The number of aryl methyl sites for hydroxylation is 1. The number of aliphatic hydroxyl groups is 1. The van der Waals surface area contributed by atoms with Crippen LogP contribution in [0.25, 0.3) is 0 Å². The number of rotatable bonds is 12. The fourth-order valence-electron chi connectivity index (χ4n) is 2.47. The molecule has 0 bridgehead atoms. The van der Waals surface area contributed by atoms with Crippen molar-refractivity contribution in [3.63, 3.8) is 0 Å². The first kappa shape index (κ1) is 19.5. The highest BCUT2D eigenvalue weighted by atomic mass is 16.5. The molecule has 0 heterocycles. The summed E-state index contributed by atoms with van der Waals surface area (Å²) >= 11 is 0. The number of aliphatic hydroxyl groups excluding tert-OH is 1. The van der Waals surface area contributed by atoms with Gasteiger partial charge in [-0.25, -0.2) is 0 Å². The van der Waals surface area contributed by atoms with E-state index < -0.39 is 5.54 Å². The third kappa shape index (κ3) is 8.06. The van der Waals surface area contributed by atoms with Gasteiger partial charge in [-0.15, -0.1) is 12.3 Å². The minimum atomic E-state index is -0.678. The fraction of sp³-hybridized carbons (Fsp3) is 0.600. The average molecular weight is 317 g/mol. The van der Waals surface area contributed by atoms with Gasteiger partial charge in [0.25, 0.3) is 0 Å². The molecule has 0 aliphatic heterocycles. The predicted octanol–water partition coefficient (Wildman–Crippen LogP) is 3.68. The summed E-state index contributed by atoms with van der Waals surface area (Å²) in [7, 11) is 0. The summed E-state index contributed by atoms with van der Waals surface area (Å²) in [5.41, 5.74) is 6.59. The molecular formula is C20H31NO2. The lowest BCUT2D eigenvalue weighted by Crippen LogP contribution is -2.43. The molecule has 0 saturated heterocycles. The summed E-state index contributed by atoms with van der Waals surface area (Å²) in [6, 6.07) is 8.11. The Labute approximate surface area is 141 Å². The van der Waals surface area contributed by atoms with Crippen LogP contribution >= 0.6 is 0 Å². The van der Waals surface area contributed by atoms with Crippen molar-refractivity contribution in [3.8, 4) is 18.1 Å². The second-order valence-corrected chi connectivity index (χ2v) is 6.31. The lowest BCUT2D eigenvalue weighted by Gasteiger charge is -2.24. The van der Waals surface area contributed by atoms with Crippen LogP contribution in [0, 0.1) is 12.3 Å². The molecule has 0 spiro atoms. The summed E-state index contributed by atoms with van der Waals surface area (Å²) in [6.07, 6.45) is 13.4. The minimum Gasteiger partial charge on any atom is -0.494 e. The summed E-state index contributed by atoms with van der Waals surface area (Å²) in [4.78, 5) is 0. The maximum atomic E-state index is 9.37. The van der Waals surface area contributed by atoms with Gasteiger partial charge in [0.15, 0.2) is 0 Å². The van der Waals surface area contributed by atoms with E-state index in [1.165, 1.54) is 31.2 Å². The molecule has 0 fully saturated rings. The first-order chi connectivity index (χ1) is 11.1. The number of terminal acetylenes is 1. The van der Waals surface area contributed by atoms with Gasteiger partial charge in [-0.05, 0) is 37.0 Å². The quantitative estimate of drug-likeness (QED) is 0.457. The van der Waals surface area contributed by atoms with Crippen LogP contribution in [0.15, 0.2) is 24.3 Å². The smallest absolute Gasteiger partial charge is 0.119 e. The summed E-state index contributed by atoms with van der Waals surface area (Å²) in [6.45, 7) is 2.91. The van der Waals surface area contributed by atoms with E-state index in [-0.39, 0.29) is 6.61 Å². The van der Waals surface area contributed by atoms with Gasteiger partial charge >= 0.3 is 0 Å². The van der Waals surface area contributed by atoms with Crippen LogP contribution in [0.5, 0.6) is 5.75 Å². The third-order valence-corrected chi connectivity index (χ3v) is 4.12. The zero-order valence-electron chi connectivity index (χ0n) is 14.4. The molecular weight excluding hydrogens is 286 g/mol. The van der Waals surface area contributed by atoms with Crippen LogP contribution < -0.4 is 10.5 Å². The number of benzene rings is 1. The first-order valence-corrected chi connectivity index (χ1v) is 8.68. The molecule has 1 aromatic carbocycles. The SMILES string of the molecule is C#CC[C@](N)(CO)CCc1ccc(OCCCCCCC)cc1. The van der Waals surface area contributed by atoms with Gasteiger partial charge in [0.2, 0.25) is 0 Å². The fourth-order valence-corrected chi connectivity index (χ4v) is 2.47. The summed E-state index contributed by atoms with van der Waals surface area (Å²) < 4.78 is 5.76. The highest BCUT2D eigenvalue weighted by Gasteiger charge is 2.22. The topological polar surface area (TPSA) is 55.5 Å². The Hall–Kier alpha value is -1.50. The van der Waals surface area contributed by atoms with Crippen molar-refractivity contribution >= 4 is 0 Å². The molecule has 23 heavy (non-hydrogen) atoms. The molecule has 0 radical (unpaired) electrons. The number of hydrogen-bond donors (Lipinski definition) is 2. The number of ether oxygens (including phenoxy) is 1. The van der Waals surface area contributed by atoms with Crippen molar-refractivity contribution in [2.75, 3.05) is 13.2 Å². The Morgan fingerprint density at radius 3 is 2.48 bits per heavy atom. The second-order valence-electron chi connectivity index (χ2n) is 6.31. The van der Waals surface area contributed by atoms with Crippen LogP contribution in [-0.4, -0.2) is 23.9 Å². The van der Waals surface area contributed by atoms with Gasteiger partial charge in [0.1, 0.15) is 5.75 Å². The van der Waals surface area contributed by atoms with E-state index in [9.17, 15) is 5.11 Å². The van der Waals surface area contributed by atoms with Crippen LogP contribution in [0.3, 0.4) is 0 Å². The number of nitrogens with two attached hydrogens (primary N) is 1. The van der Waals surface area contributed by atoms with Gasteiger partial charge in [-0.2, -0.15) is 0 Å². The van der Waals surface area contributed by atoms with Gasteiger partial charge < -0.3 is 15.6 Å². The zero-order chi connectivity index (χ0) is 17.0. The Balaban J connectivity index is 2.32. The summed E-state index contributed by atoms with van der Waals surface area (Å²) in [5, 5.41) is 9.37. The van der Waals surface area contributed by atoms with Crippen molar-refractivity contribution in [1.29, 1.82) is 0 Å². The molecule has 0 aliphatic rings. The van der Waals surface area contributed by atoms with E-state index in [0.717, 1.165) is 25.2 Å². The van der Waals surface area contributed by atoms with Gasteiger partial charge in [0.05, 0.1) is 18.8 Å². The Bertz CT molecular complexity index is 464. The molecule has 0 aliphatic carbocycles. The molecule has 0 amide bonds. The molecule has 1 aromatic rings. The van der Waals surface area contributed by atoms with Crippen LogP contribution in [-0.2, 0) is 6.42 Å². The summed E-state index contributed by atoms with van der Waals surface area (Å²) in [5.74, 6) is 3.45. The lowest BCUT2D eigenvalue weighted by molar-refractivity contribution is 0.190. The Morgan fingerprint density at radius 1 is 1.17 bits per heavy atom. The van der Waals surface area contributed by atoms with E-state index in [0.29, 0.717) is 12.8 Å². The standard InChI is InChI=1S/C20H31NO2/c1-3-5-6-7-8-16-23-19-11-9-18(10-12-19)13-15-20(21,17-22)14-4-2/h2,9-12,22H,3,5-8,13-17,21H2,1H3/t20-/m1/s1. The van der Waals surface area contributed by atoms with E-state index in [2.05, 4.69) is 25.0 Å². The van der Waals surface area contributed by atoms with E-state index in [1.807, 2.05) is 12.1 Å². The molecule has 1 rings (SSSR count). The Morgan fingerprint density at radius 2 is 1.87 bits per heavy atom. The molecule has 1 atom stereocenters. The van der Waals surface area contributed by atoms with Crippen molar-refractivity contribution in [2.45, 2.75) is 63.8 Å². The maximum absolute atomic E-state index is 9.37. The monoisotopic (exact) mass is 317 g/mol. The molecule has 0 aromatic heterocycles. The first-order valence-electron chi connectivity index (χ1n) is 8.68. The van der Waals surface area contributed by atoms with E-state index >= 15 is 0 Å². The molecule has 0 unspecified atom stereocenters.